The number of aryl methyl sites for hydroxylation is 1. The molecular formula is C22H28N2O5S. The first-order chi connectivity index (χ1) is 14.5. The molecule has 0 aliphatic carbocycles. The SMILES string of the molecule is CCCCOc1ccc(/C=C/C(=O)Nc2nc(C)c(C(=O)OCC)s2)cc1OCC. The Morgan fingerprint density at radius 3 is 2.63 bits per heavy atom. The molecule has 8 heteroatoms. The van der Waals surface area contributed by atoms with E-state index in [1.165, 1.54) is 6.08 Å². The van der Waals surface area contributed by atoms with Crippen LogP contribution >= 0.6 is 11.3 Å². The molecule has 1 amide bonds. The molecule has 0 bridgehead atoms. The molecule has 1 aromatic heterocycles. The lowest BCUT2D eigenvalue weighted by molar-refractivity contribution is -0.111. The molecule has 1 heterocycles. The fourth-order valence-corrected chi connectivity index (χ4v) is 3.36. The van der Waals surface area contributed by atoms with Gasteiger partial charge in [-0.2, -0.15) is 0 Å². The minimum atomic E-state index is -0.437. The number of amides is 1. The number of nitrogens with one attached hydrogen (secondary N) is 1. The van der Waals surface area contributed by atoms with Gasteiger partial charge in [0.15, 0.2) is 16.6 Å². The highest BCUT2D eigenvalue weighted by atomic mass is 32.1. The third kappa shape index (κ3) is 6.88. The Labute approximate surface area is 181 Å². The average molecular weight is 433 g/mol. The third-order valence-electron chi connectivity index (χ3n) is 3.94. The zero-order valence-corrected chi connectivity index (χ0v) is 18.6. The number of thiazole rings is 1. The van der Waals surface area contributed by atoms with E-state index in [0.717, 1.165) is 29.7 Å². The van der Waals surface area contributed by atoms with Crippen LogP contribution in [0, 0.1) is 6.92 Å². The number of unbranched alkanes of at least 4 members (excludes halogenated alkanes) is 1. The molecule has 2 rings (SSSR count). The molecule has 2 aromatic rings. The number of hydrogen-bond acceptors (Lipinski definition) is 7. The zero-order valence-electron chi connectivity index (χ0n) is 17.8. The number of ether oxygens (including phenoxy) is 3. The van der Waals surface area contributed by atoms with E-state index in [-0.39, 0.29) is 12.5 Å². The van der Waals surface area contributed by atoms with Crippen LogP contribution in [-0.2, 0) is 9.53 Å². The molecule has 0 saturated carbocycles. The molecular weight excluding hydrogens is 404 g/mol. The molecule has 30 heavy (non-hydrogen) atoms. The average Bonchev–Trinajstić information content (AvgIpc) is 3.08. The van der Waals surface area contributed by atoms with Gasteiger partial charge in [0, 0.05) is 6.08 Å². The summed E-state index contributed by atoms with van der Waals surface area (Å²) in [6, 6.07) is 5.54. The highest BCUT2D eigenvalue weighted by Gasteiger charge is 2.17. The molecule has 0 fully saturated rings. The highest BCUT2D eigenvalue weighted by molar-refractivity contribution is 7.17. The quantitative estimate of drug-likeness (QED) is 0.310. The summed E-state index contributed by atoms with van der Waals surface area (Å²) >= 11 is 1.09. The van der Waals surface area contributed by atoms with Crippen molar-refractivity contribution in [2.45, 2.75) is 40.5 Å². The van der Waals surface area contributed by atoms with Crippen LogP contribution in [0.3, 0.4) is 0 Å². The van der Waals surface area contributed by atoms with Gasteiger partial charge in [-0.15, -0.1) is 0 Å². The first kappa shape index (κ1) is 23.4. The van der Waals surface area contributed by atoms with Gasteiger partial charge in [0.25, 0.3) is 0 Å². The molecule has 7 nitrogen and oxygen atoms in total. The summed E-state index contributed by atoms with van der Waals surface area (Å²) < 4.78 is 16.4. The standard InChI is InChI=1S/C22H28N2O5S/c1-5-8-13-29-17-11-9-16(14-18(17)27-6-2)10-12-19(25)24-22-23-15(4)20(30-22)21(26)28-7-3/h9-12,14H,5-8,13H2,1-4H3,(H,23,24,25)/b12-10+. The van der Waals surface area contributed by atoms with Gasteiger partial charge in [0.05, 0.1) is 25.5 Å². The largest absolute Gasteiger partial charge is 0.490 e. The van der Waals surface area contributed by atoms with Crippen molar-refractivity contribution in [3.05, 3.63) is 40.4 Å². The molecule has 0 unspecified atom stereocenters. The van der Waals surface area contributed by atoms with Crippen molar-refractivity contribution < 1.29 is 23.8 Å². The summed E-state index contributed by atoms with van der Waals surface area (Å²) in [6.07, 6.45) is 5.12. The molecule has 0 radical (unpaired) electrons. The van der Waals surface area contributed by atoms with Crippen LogP contribution in [0.1, 0.15) is 54.5 Å². The Morgan fingerprint density at radius 1 is 1.13 bits per heavy atom. The minimum absolute atomic E-state index is 0.284. The van der Waals surface area contributed by atoms with Crippen LogP contribution in [0.4, 0.5) is 5.13 Å². The van der Waals surface area contributed by atoms with E-state index < -0.39 is 5.97 Å². The van der Waals surface area contributed by atoms with Gasteiger partial charge >= 0.3 is 5.97 Å². The van der Waals surface area contributed by atoms with Gasteiger partial charge in [-0.05, 0) is 51.0 Å². The monoisotopic (exact) mass is 432 g/mol. The third-order valence-corrected chi connectivity index (χ3v) is 4.99. The number of esters is 1. The van der Waals surface area contributed by atoms with Crippen molar-refractivity contribution >= 4 is 34.4 Å². The Kier molecular flexibility index (Phi) is 9.34. The Hall–Kier alpha value is -2.87. The van der Waals surface area contributed by atoms with Crippen LogP contribution in [0.2, 0.25) is 0 Å². The lowest BCUT2D eigenvalue weighted by Crippen LogP contribution is -2.07. The number of rotatable bonds is 11. The Balaban J connectivity index is 2.04. The summed E-state index contributed by atoms with van der Waals surface area (Å²) in [7, 11) is 0. The van der Waals surface area contributed by atoms with Gasteiger partial charge in [-0.3, -0.25) is 10.1 Å². The maximum Gasteiger partial charge on any atom is 0.350 e. The lowest BCUT2D eigenvalue weighted by Gasteiger charge is -2.12. The summed E-state index contributed by atoms with van der Waals surface area (Å²) in [4.78, 5) is 28.7. The molecule has 0 aliphatic rings. The first-order valence-corrected chi connectivity index (χ1v) is 10.8. The van der Waals surface area contributed by atoms with Crippen molar-refractivity contribution in [3.63, 3.8) is 0 Å². The Bertz CT molecular complexity index is 892. The number of carbonyl (C=O) groups is 2. The van der Waals surface area contributed by atoms with E-state index >= 15 is 0 Å². The van der Waals surface area contributed by atoms with Crippen LogP contribution in [-0.4, -0.2) is 36.7 Å². The highest BCUT2D eigenvalue weighted by Crippen LogP contribution is 2.29. The summed E-state index contributed by atoms with van der Waals surface area (Å²) in [6.45, 7) is 8.89. The summed E-state index contributed by atoms with van der Waals surface area (Å²) in [5.41, 5.74) is 1.33. The molecule has 0 atom stereocenters. The summed E-state index contributed by atoms with van der Waals surface area (Å²) in [5.74, 6) is 0.552. The van der Waals surface area contributed by atoms with Gasteiger partial charge in [-0.25, -0.2) is 9.78 Å². The number of anilines is 1. The van der Waals surface area contributed by atoms with Gasteiger partial charge < -0.3 is 14.2 Å². The fourth-order valence-electron chi connectivity index (χ4n) is 2.50. The van der Waals surface area contributed by atoms with Crippen molar-refractivity contribution in [2.24, 2.45) is 0 Å². The van der Waals surface area contributed by atoms with Crippen LogP contribution < -0.4 is 14.8 Å². The van der Waals surface area contributed by atoms with Gasteiger partial charge in [-0.1, -0.05) is 30.7 Å². The maximum atomic E-state index is 12.3. The van der Waals surface area contributed by atoms with Crippen LogP contribution in [0.25, 0.3) is 6.08 Å². The molecule has 0 aliphatic heterocycles. The van der Waals surface area contributed by atoms with Crippen molar-refractivity contribution in [3.8, 4) is 11.5 Å². The predicted octanol–water partition coefficient (Wildman–Crippen LogP) is 4.86. The van der Waals surface area contributed by atoms with E-state index in [0.29, 0.717) is 40.4 Å². The van der Waals surface area contributed by atoms with Crippen molar-refractivity contribution in [2.75, 3.05) is 25.1 Å². The molecule has 0 saturated heterocycles. The van der Waals surface area contributed by atoms with E-state index in [1.54, 1.807) is 19.9 Å². The zero-order chi connectivity index (χ0) is 21.9. The van der Waals surface area contributed by atoms with E-state index in [2.05, 4.69) is 17.2 Å². The van der Waals surface area contributed by atoms with Gasteiger partial charge in [0.1, 0.15) is 4.88 Å². The number of hydrogen-bond donors (Lipinski definition) is 1. The second-order valence-electron chi connectivity index (χ2n) is 6.32. The molecule has 1 aromatic carbocycles. The van der Waals surface area contributed by atoms with Crippen LogP contribution in [0.15, 0.2) is 24.3 Å². The minimum Gasteiger partial charge on any atom is -0.490 e. The smallest absolute Gasteiger partial charge is 0.350 e. The van der Waals surface area contributed by atoms with E-state index in [4.69, 9.17) is 14.2 Å². The second kappa shape index (κ2) is 12.0. The molecule has 162 valence electrons. The maximum absolute atomic E-state index is 12.3. The van der Waals surface area contributed by atoms with E-state index in [1.807, 2.05) is 25.1 Å². The van der Waals surface area contributed by atoms with Gasteiger partial charge in [0.2, 0.25) is 5.91 Å². The normalized spacial score (nSPS) is 10.8. The number of benzene rings is 1. The van der Waals surface area contributed by atoms with E-state index in [9.17, 15) is 9.59 Å². The van der Waals surface area contributed by atoms with Crippen molar-refractivity contribution in [1.82, 2.24) is 4.98 Å². The van der Waals surface area contributed by atoms with Crippen LogP contribution in [0.5, 0.6) is 11.5 Å². The predicted molar refractivity (Wildman–Crippen MR) is 118 cm³/mol. The number of nitrogens with zero attached hydrogens (tertiary/aromatic N) is 1. The lowest BCUT2D eigenvalue weighted by atomic mass is 10.2. The molecule has 1 N–H and O–H groups in total. The number of aromatic nitrogens is 1. The summed E-state index contributed by atoms with van der Waals surface area (Å²) in [5, 5.41) is 3.02. The molecule has 0 spiro atoms. The number of carbonyl (C=O) groups excluding carboxylic acids is 2. The fraction of sp³-hybridized carbons (Fsp3) is 0.409. The Morgan fingerprint density at radius 2 is 1.93 bits per heavy atom. The first-order valence-electron chi connectivity index (χ1n) is 10.0. The second-order valence-corrected chi connectivity index (χ2v) is 7.32. The topological polar surface area (TPSA) is 86.8 Å². The van der Waals surface area contributed by atoms with Crippen molar-refractivity contribution in [1.29, 1.82) is 0 Å².